The summed E-state index contributed by atoms with van der Waals surface area (Å²) in [6, 6.07) is 5.63. The Labute approximate surface area is 146 Å². The molecule has 2 aliphatic rings. The molecule has 2 heterocycles. The molecule has 6 nitrogen and oxygen atoms in total. The summed E-state index contributed by atoms with van der Waals surface area (Å²) in [5.41, 5.74) is 7.29. The number of fused-ring (bicyclic) bond motifs is 1. The van der Waals surface area contributed by atoms with Crippen LogP contribution in [0.15, 0.2) is 23.2 Å². The Morgan fingerprint density at radius 3 is 2.83 bits per heavy atom. The van der Waals surface area contributed by atoms with Crippen LogP contribution in [0.5, 0.6) is 0 Å². The van der Waals surface area contributed by atoms with E-state index in [4.69, 9.17) is 22.1 Å². The standard InChI is InChI=1S/C15H19ClN4O2.ClH/c1-2-22-14(21)20-8-6-15(7-9-20)18-11-5-3-4-10(16)12(11)13(17)19-15;/h3-5,18H,2,6-9H2,1H3,(H2,17,19);1H. The molecule has 0 aromatic heterocycles. The predicted octanol–water partition coefficient (Wildman–Crippen LogP) is 2.84. The van der Waals surface area contributed by atoms with Crippen molar-refractivity contribution in [1.29, 1.82) is 0 Å². The average molecular weight is 359 g/mol. The van der Waals surface area contributed by atoms with Crippen molar-refractivity contribution in [2.45, 2.75) is 25.4 Å². The lowest BCUT2D eigenvalue weighted by molar-refractivity contribution is 0.0906. The fraction of sp³-hybridized carbons (Fsp3) is 0.467. The molecule has 2 aliphatic heterocycles. The fourth-order valence-corrected chi connectivity index (χ4v) is 3.24. The van der Waals surface area contributed by atoms with Crippen LogP contribution in [-0.4, -0.2) is 42.2 Å². The normalized spacial score (nSPS) is 18.3. The summed E-state index contributed by atoms with van der Waals surface area (Å²) in [5.74, 6) is 0.448. The third-order valence-corrected chi connectivity index (χ3v) is 4.40. The van der Waals surface area contributed by atoms with E-state index in [-0.39, 0.29) is 18.5 Å². The number of piperidine rings is 1. The number of rotatable bonds is 1. The number of benzene rings is 1. The summed E-state index contributed by atoms with van der Waals surface area (Å²) < 4.78 is 5.04. The Morgan fingerprint density at radius 2 is 2.17 bits per heavy atom. The molecule has 0 radical (unpaired) electrons. The van der Waals surface area contributed by atoms with Crippen molar-refractivity contribution < 1.29 is 9.53 Å². The third-order valence-electron chi connectivity index (χ3n) is 4.09. The second-order valence-corrected chi connectivity index (χ2v) is 5.91. The van der Waals surface area contributed by atoms with E-state index in [1.807, 2.05) is 12.1 Å². The van der Waals surface area contributed by atoms with Crippen molar-refractivity contribution in [3.8, 4) is 0 Å². The van der Waals surface area contributed by atoms with Crippen LogP contribution in [0.3, 0.4) is 0 Å². The maximum absolute atomic E-state index is 11.8. The highest BCUT2D eigenvalue weighted by Crippen LogP contribution is 2.36. The molecule has 3 rings (SSSR count). The molecule has 1 amide bonds. The Hall–Kier alpha value is -1.66. The fourth-order valence-electron chi connectivity index (χ4n) is 2.96. The first-order valence-electron chi connectivity index (χ1n) is 7.39. The van der Waals surface area contributed by atoms with Crippen molar-refractivity contribution in [3.63, 3.8) is 0 Å². The van der Waals surface area contributed by atoms with E-state index in [1.54, 1.807) is 17.9 Å². The molecule has 0 unspecified atom stereocenters. The minimum absolute atomic E-state index is 0. The number of halogens is 2. The van der Waals surface area contributed by atoms with Gasteiger partial charge >= 0.3 is 6.09 Å². The van der Waals surface area contributed by atoms with Gasteiger partial charge in [-0.15, -0.1) is 12.4 Å². The average Bonchev–Trinajstić information content (AvgIpc) is 2.47. The first-order chi connectivity index (χ1) is 10.5. The first-order valence-corrected chi connectivity index (χ1v) is 7.76. The number of likely N-dealkylation sites (tertiary alicyclic amines) is 1. The summed E-state index contributed by atoms with van der Waals surface area (Å²) >= 11 is 6.19. The second-order valence-electron chi connectivity index (χ2n) is 5.50. The van der Waals surface area contributed by atoms with Crippen LogP contribution in [0.2, 0.25) is 5.02 Å². The second kappa shape index (κ2) is 6.84. The van der Waals surface area contributed by atoms with E-state index < -0.39 is 5.66 Å². The van der Waals surface area contributed by atoms with Crippen LogP contribution >= 0.6 is 24.0 Å². The molecule has 3 N–H and O–H groups in total. The van der Waals surface area contributed by atoms with Gasteiger partial charge in [0.2, 0.25) is 0 Å². The van der Waals surface area contributed by atoms with E-state index in [2.05, 4.69) is 10.3 Å². The zero-order valence-electron chi connectivity index (χ0n) is 12.8. The van der Waals surface area contributed by atoms with Crippen molar-refractivity contribution in [3.05, 3.63) is 28.8 Å². The molecular formula is C15H20Cl2N4O2. The van der Waals surface area contributed by atoms with Crippen LogP contribution in [0, 0.1) is 0 Å². The predicted molar refractivity (Wildman–Crippen MR) is 93.6 cm³/mol. The molecule has 8 heteroatoms. The van der Waals surface area contributed by atoms with Gasteiger partial charge in [0.1, 0.15) is 11.5 Å². The minimum atomic E-state index is -0.467. The zero-order chi connectivity index (χ0) is 15.7. The number of ether oxygens (including phenoxy) is 1. The lowest BCUT2D eigenvalue weighted by atomic mass is 9.94. The summed E-state index contributed by atoms with van der Waals surface area (Å²) in [5, 5.41) is 4.03. The van der Waals surface area contributed by atoms with Gasteiger partial charge < -0.3 is 20.7 Å². The van der Waals surface area contributed by atoms with Crippen LogP contribution in [0.25, 0.3) is 0 Å². The molecule has 1 saturated heterocycles. The van der Waals surface area contributed by atoms with Crippen molar-refractivity contribution in [2.75, 3.05) is 25.0 Å². The molecule has 0 bridgehead atoms. The van der Waals surface area contributed by atoms with E-state index in [0.29, 0.717) is 43.4 Å². The van der Waals surface area contributed by atoms with Crippen LogP contribution in [0.4, 0.5) is 10.5 Å². The Balaban J connectivity index is 0.00000192. The number of amides is 1. The molecule has 1 fully saturated rings. The van der Waals surface area contributed by atoms with Gasteiger partial charge in [0.05, 0.1) is 17.2 Å². The number of carbonyl (C=O) groups excluding carboxylic acids is 1. The number of amidine groups is 1. The van der Waals surface area contributed by atoms with Gasteiger partial charge in [0, 0.05) is 31.6 Å². The summed E-state index contributed by atoms with van der Waals surface area (Å²) in [7, 11) is 0. The van der Waals surface area contributed by atoms with Gasteiger partial charge in [0.25, 0.3) is 0 Å². The molecule has 0 saturated carbocycles. The highest BCUT2D eigenvalue weighted by atomic mass is 35.5. The van der Waals surface area contributed by atoms with Gasteiger partial charge in [-0.25, -0.2) is 9.79 Å². The lowest BCUT2D eigenvalue weighted by Crippen LogP contribution is -2.52. The molecule has 1 aromatic rings. The molecular weight excluding hydrogens is 339 g/mol. The first kappa shape index (κ1) is 17.7. The Bertz CT molecular complexity index is 628. The lowest BCUT2D eigenvalue weighted by Gasteiger charge is -2.42. The van der Waals surface area contributed by atoms with Gasteiger partial charge in [-0.2, -0.15) is 0 Å². The highest BCUT2D eigenvalue weighted by molar-refractivity contribution is 6.35. The number of aliphatic imine (C=N–C) groups is 1. The summed E-state index contributed by atoms with van der Waals surface area (Å²) in [6.45, 7) is 3.35. The molecule has 1 aromatic carbocycles. The van der Waals surface area contributed by atoms with Crippen LogP contribution in [-0.2, 0) is 4.74 Å². The van der Waals surface area contributed by atoms with Crippen LogP contribution < -0.4 is 11.1 Å². The summed E-state index contributed by atoms with van der Waals surface area (Å²) in [4.78, 5) is 18.1. The number of nitrogens with one attached hydrogen (secondary N) is 1. The van der Waals surface area contributed by atoms with Gasteiger partial charge in [-0.3, -0.25) is 0 Å². The Kier molecular flexibility index (Phi) is 5.26. The SMILES string of the molecule is CCOC(=O)N1CCC2(CC1)N=C(N)c1c(Cl)cccc1N2.Cl. The Morgan fingerprint density at radius 1 is 1.48 bits per heavy atom. The number of nitrogens with two attached hydrogens (primary N) is 1. The quantitative estimate of drug-likeness (QED) is 0.808. The largest absolute Gasteiger partial charge is 0.450 e. The van der Waals surface area contributed by atoms with E-state index >= 15 is 0 Å². The maximum atomic E-state index is 11.8. The minimum Gasteiger partial charge on any atom is -0.450 e. The number of nitrogens with zero attached hydrogens (tertiary/aromatic N) is 2. The van der Waals surface area contributed by atoms with Crippen molar-refractivity contribution in [2.24, 2.45) is 10.7 Å². The van der Waals surface area contributed by atoms with Crippen LogP contribution in [0.1, 0.15) is 25.3 Å². The monoisotopic (exact) mass is 358 g/mol. The number of carbonyl (C=O) groups is 1. The number of hydrogen-bond donors (Lipinski definition) is 2. The third kappa shape index (κ3) is 3.33. The van der Waals surface area contributed by atoms with E-state index in [1.165, 1.54) is 0 Å². The number of anilines is 1. The molecule has 0 atom stereocenters. The van der Waals surface area contributed by atoms with E-state index in [0.717, 1.165) is 11.3 Å². The molecule has 126 valence electrons. The molecule has 0 aliphatic carbocycles. The smallest absolute Gasteiger partial charge is 0.409 e. The van der Waals surface area contributed by atoms with E-state index in [9.17, 15) is 4.79 Å². The summed E-state index contributed by atoms with van der Waals surface area (Å²) in [6.07, 6.45) is 1.09. The maximum Gasteiger partial charge on any atom is 0.409 e. The van der Waals surface area contributed by atoms with Gasteiger partial charge in [-0.05, 0) is 19.1 Å². The number of hydrogen-bond acceptors (Lipinski definition) is 5. The van der Waals surface area contributed by atoms with Gasteiger partial charge in [0.15, 0.2) is 0 Å². The molecule has 23 heavy (non-hydrogen) atoms. The van der Waals surface area contributed by atoms with Gasteiger partial charge in [-0.1, -0.05) is 17.7 Å². The topological polar surface area (TPSA) is 80.0 Å². The molecule has 1 spiro atoms. The van der Waals surface area contributed by atoms with Crippen molar-refractivity contribution >= 4 is 41.6 Å². The zero-order valence-corrected chi connectivity index (χ0v) is 14.4. The van der Waals surface area contributed by atoms with Crippen molar-refractivity contribution in [1.82, 2.24) is 4.90 Å². The highest BCUT2D eigenvalue weighted by Gasteiger charge is 2.39.